The van der Waals surface area contributed by atoms with E-state index in [9.17, 15) is 32.9 Å². The molecule has 0 saturated carbocycles. The van der Waals surface area contributed by atoms with Gasteiger partial charge in [-0.3, -0.25) is 24.4 Å². The van der Waals surface area contributed by atoms with Gasteiger partial charge in [0.1, 0.15) is 33.5 Å². The second kappa shape index (κ2) is 11.2. The lowest BCUT2D eigenvalue weighted by molar-refractivity contribution is -0.384. The zero-order chi connectivity index (χ0) is 31.1. The van der Waals surface area contributed by atoms with Crippen LogP contribution < -0.4 is 15.8 Å². The highest BCUT2D eigenvalue weighted by Gasteiger charge is 2.35. The number of anilines is 1. The van der Waals surface area contributed by atoms with Crippen LogP contribution in [-0.2, 0) is 19.3 Å². The molecule has 0 fully saturated rings. The minimum absolute atomic E-state index is 0.0604. The number of carbonyl (C=O) groups excluding carboxylic acids is 2. The van der Waals surface area contributed by atoms with Gasteiger partial charge in [-0.1, -0.05) is 0 Å². The number of nitro groups is 1. The third-order valence-corrected chi connectivity index (χ3v) is 7.52. The number of furan rings is 1. The number of nitrogens with zero attached hydrogens (tertiary/aromatic N) is 4. The Bertz CT molecular complexity index is 1880. The van der Waals surface area contributed by atoms with Crippen molar-refractivity contribution >= 4 is 44.7 Å². The number of halogens is 3. The van der Waals surface area contributed by atoms with E-state index in [2.05, 4.69) is 15.4 Å². The number of aryl methyl sites for hydroxylation is 1. The van der Waals surface area contributed by atoms with E-state index in [0.717, 1.165) is 6.07 Å². The van der Waals surface area contributed by atoms with E-state index in [0.29, 0.717) is 34.9 Å². The highest BCUT2D eigenvalue weighted by Crippen LogP contribution is 2.44. The number of thiophene rings is 1. The van der Waals surface area contributed by atoms with Crippen molar-refractivity contribution in [2.75, 3.05) is 5.32 Å². The maximum absolute atomic E-state index is 13.8. The summed E-state index contributed by atoms with van der Waals surface area (Å²) in [4.78, 5) is 39.3. The topological polar surface area (TPSA) is 168 Å². The fourth-order valence-electron chi connectivity index (χ4n) is 4.35. The number of hydrogen-bond donors (Lipinski definition) is 2. The standard InChI is InChI=1S/C27H21F3N6O6S/c1-3-35-13(2)18(11-32-35)17-10-20(27(28,29)30)33-26-21(17)22(23(43-26)24(31)37)34-25(38)19-9-8-16(42-19)12-41-15-6-4-14(5-7-15)36(39)40/h4-11H,3,12H2,1-2H3,(H2,31,37)(H,34,38). The minimum atomic E-state index is -4.79. The largest absolute Gasteiger partial charge is 0.486 e. The van der Waals surface area contributed by atoms with Crippen molar-refractivity contribution in [1.82, 2.24) is 14.8 Å². The summed E-state index contributed by atoms with van der Waals surface area (Å²) >= 11 is 0.620. The summed E-state index contributed by atoms with van der Waals surface area (Å²) in [7, 11) is 0. The Morgan fingerprint density at radius 2 is 1.91 bits per heavy atom. The summed E-state index contributed by atoms with van der Waals surface area (Å²) in [6, 6.07) is 9.01. The number of non-ortho nitro benzene ring substituents is 1. The number of benzene rings is 1. The van der Waals surface area contributed by atoms with Gasteiger partial charge in [-0.25, -0.2) is 4.98 Å². The van der Waals surface area contributed by atoms with E-state index < -0.39 is 28.6 Å². The summed E-state index contributed by atoms with van der Waals surface area (Å²) in [6.45, 7) is 3.85. The van der Waals surface area contributed by atoms with Crippen LogP contribution in [0.25, 0.3) is 21.3 Å². The summed E-state index contributed by atoms with van der Waals surface area (Å²) < 4.78 is 54.2. The first-order valence-electron chi connectivity index (χ1n) is 12.5. The first-order valence-corrected chi connectivity index (χ1v) is 13.3. The van der Waals surface area contributed by atoms with Crippen molar-refractivity contribution in [3.63, 3.8) is 0 Å². The van der Waals surface area contributed by atoms with Gasteiger partial charge in [-0.05, 0) is 49.7 Å². The number of rotatable bonds is 9. The van der Waals surface area contributed by atoms with Crippen LogP contribution in [0.15, 0.2) is 53.1 Å². The van der Waals surface area contributed by atoms with Gasteiger partial charge >= 0.3 is 6.18 Å². The van der Waals surface area contributed by atoms with E-state index in [-0.39, 0.29) is 50.2 Å². The number of primary amides is 1. The highest BCUT2D eigenvalue weighted by atomic mass is 32.1. The molecule has 0 saturated heterocycles. The molecule has 12 nitrogen and oxygen atoms in total. The number of hydrogen-bond acceptors (Lipinski definition) is 9. The first-order chi connectivity index (χ1) is 20.4. The average Bonchev–Trinajstić information content (AvgIpc) is 3.68. The lowest BCUT2D eigenvalue weighted by Crippen LogP contribution is -2.16. The van der Waals surface area contributed by atoms with Crippen LogP contribution in [0.2, 0.25) is 0 Å². The summed E-state index contributed by atoms with van der Waals surface area (Å²) in [5, 5.41) is 17.7. The first kappa shape index (κ1) is 29.2. The monoisotopic (exact) mass is 614 g/mol. The van der Waals surface area contributed by atoms with Gasteiger partial charge in [0.05, 0.1) is 16.8 Å². The maximum Gasteiger partial charge on any atom is 0.433 e. The number of alkyl halides is 3. The van der Waals surface area contributed by atoms with Gasteiger partial charge in [-0.2, -0.15) is 18.3 Å². The van der Waals surface area contributed by atoms with Crippen LogP contribution >= 0.6 is 11.3 Å². The molecular formula is C27H21F3N6O6S. The predicted molar refractivity (Wildman–Crippen MR) is 149 cm³/mol. The fourth-order valence-corrected chi connectivity index (χ4v) is 5.36. The molecule has 1 aromatic carbocycles. The van der Waals surface area contributed by atoms with E-state index in [1.54, 1.807) is 11.6 Å². The normalized spacial score (nSPS) is 11.6. The van der Waals surface area contributed by atoms with Crippen molar-refractivity contribution in [3.05, 3.63) is 86.6 Å². The molecule has 16 heteroatoms. The summed E-state index contributed by atoms with van der Waals surface area (Å²) in [5.74, 6) is -1.42. The van der Waals surface area contributed by atoms with E-state index in [4.69, 9.17) is 14.9 Å². The van der Waals surface area contributed by atoms with Crippen LogP contribution in [0.5, 0.6) is 5.75 Å². The van der Waals surface area contributed by atoms with E-state index in [1.165, 1.54) is 42.6 Å². The Morgan fingerprint density at radius 1 is 1.19 bits per heavy atom. The Balaban J connectivity index is 1.49. The average molecular weight is 615 g/mol. The molecule has 43 heavy (non-hydrogen) atoms. The fraction of sp³-hybridized carbons (Fsp3) is 0.185. The molecule has 0 atom stereocenters. The van der Waals surface area contributed by atoms with Crippen molar-refractivity contribution in [2.24, 2.45) is 5.73 Å². The maximum atomic E-state index is 13.8. The molecule has 0 bridgehead atoms. The Labute approximate surface area is 244 Å². The minimum Gasteiger partial charge on any atom is -0.486 e. The third-order valence-electron chi connectivity index (χ3n) is 6.42. The number of pyridine rings is 1. The predicted octanol–water partition coefficient (Wildman–Crippen LogP) is 5.94. The lowest BCUT2D eigenvalue weighted by Gasteiger charge is -2.12. The second-order valence-corrected chi connectivity index (χ2v) is 10.1. The van der Waals surface area contributed by atoms with Gasteiger partial charge in [0.25, 0.3) is 17.5 Å². The molecule has 0 aliphatic carbocycles. The molecule has 3 N–H and O–H groups in total. The van der Waals surface area contributed by atoms with Crippen LogP contribution in [0.3, 0.4) is 0 Å². The SMILES string of the molecule is CCn1ncc(-c2cc(C(F)(F)F)nc3sc(C(N)=O)c(NC(=O)c4ccc(COc5ccc([N+](=O)[O-])cc5)o4)c23)c1C. The highest BCUT2D eigenvalue weighted by molar-refractivity contribution is 7.21. The molecule has 0 aliphatic rings. The van der Waals surface area contributed by atoms with Crippen molar-refractivity contribution in [3.8, 4) is 16.9 Å². The molecule has 5 rings (SSSR count). The Morgan fingerprint density at radius 3 is 2.51 bits per heavy atom. The molecule has 0 radical (unpaired) electrons. The molecule has 4 heterocycles. The number of nitrogens with one attached hydrogen (secondary N) is 1. The smallest absolute Gasteiger partial charge is 0.433 e. The third kappa shape index (κ3) is 5.76. The van der Waals surface area contributed by atoms with Gasteiger partial charge in [0, 0.05) is 35.3 Å². The van der Waals surface area contributed by atoms with Gasteiger partial charge in [0.15, 0.2) is 5.76 Å². The molecular weight excluding hydrogens is 593 g/mol. The van der Waals surface area contributed by atoms with E-state index >= 15 is 0 Å². The van der Waals surface area contributed by atoms with Gasteiger partial charge < -0.3 is 20.2 Å². The molecule has 0 unspecified atom stereocenters. The van der Waals surface area contributed by atoms with Gasteiger partial charge in [-0.15, -0.1) is 11.3 Å². The molecule has 0 spiro atoms. The van der Waals surface area contributed by atoms with Gasteiger partial charge in [0.2, 0.25) is 0 Å². The zero-order valence-electron chi connectivity index (χ0n) is 22.4. The summed E-state index contributed by atoms with van der Waals surface area (Å²) in [5.41, 5.74) is 5.14. The number of nitro benzene ring substituents is 1. The van der Waals surface area contributed by atoms with E-state index in [1.807, 2.05) is 6.92 Å². The number of aromatic nitrogens is 3. The lowest BCUT2D eigenvalue weighted by atomic mass is 10.0. The van der Waals surface area contributed by atoms with Crippen LogP contribution in [0.4, 0.5) is 24.5 Å². The Hall–Kier alpha value is -5.25. The molecule has 0 aliphatic heterocycles. The van der Waals surface area contributed by atoms with Crippen molar-refractivity contribution in [2.45, 2.75) is 33.2 Å². The molecule has 222 valence electrons. The quantitative estimate of drug-likeness (QED) is 0.152. The zero-order valence-corrected chi connectivity index (χ0v) is 23.2. The van der Waals surface area contributed by atoms with Crippen LogP contribution in [-0.4, -0.2) is 31.5 Å². The number of fused-ring (bicyclic) bond motifs is 1. The number of carbonyl (C=O) groups is 2. The summed E-state index contributed by atoms with van der Waals surface area (Å²) in [6.07, 6.45) is -3.39. The second-order valence-electron chi connectivity index (χ2n) is 9.12. The Kier molecular flexibility index (Phi) is 7.62. The molecule has 5 aromatic rings. The number of ether oxygens (including phenoxy) is 1. The number of nitrogens with two attached hydrogens (primary N) is 1. The van der Waals surface area contributed by atoms with Crippen LogP contribution in [0, 0.1) is 17.0 Å². The molecule has 2 amide bonds. The molecule has 4 aromatic heterocycles. The van der Waals surface area contributed by atoms with Crippen molar-refractivity contribution < 1.29 is 36.8 Å². The number of amides is 2. The van der Waals surface area contributed by atoms with Crippen LogP contribution in [0.1, 0.15) is 44.3 Å². The van der Waals surface area contributed by atoms with Crippen molar-refractivity contribution in [1.29, 1.82) is 0 Å².